The van der Waals surface area contributed by atoms with Gasteiger partial charge in [-0.15, -0.1) is 0 Å². The van der Waals surface area contributed by atoms with Crippen LogP contribution >= 0.6 is 0 Å². The maximum atomic E-state index is 10.5. The number of anilines is 2. The highest BCUT2D eigenvalue weighted by atomic mass is 16.5. The Morgan fingerprint density at radius 1 is 1.33 bits per heavy atom. The molecule has 1 heterocycles. The van der Waals surface area contributed by atoms with E-state index in [1.165, 1.54) is 0 Å². The molecule has 0 unspecified atom stereocenters. The Balaban J connectivity index is 2.03. The van der Waals surface area contributed by atoms with Crippen LogP contribution in [0.3, 0.4) is 0 Å². The molecule has 2 N–H and O–H groups in total. The quantitative estimate of drug-likeness (QED) is 0.625. The molecule has 1 aromatic rings. The Morgan fingerprint density at radius 2 is 2.06 bits per heavy atom. The molecule has 0 atom stereocenters. The summed E-state index contributed by atoms with van der Waals surface area (Å²) in [7, 11) is 1.62. The summed E-state index contributed by atoms with van der Waals surface area (Å²) in [5.74, 6) is 0.711. The van der Waals surface area contributed by atoms with Crippen LogP contribution in [0.1, 0.15) is 0 Å². The van der Waals surface area contributed by atoms with Crippen LogP contribution in [0.5, 0.6) is 5.75 Å². The molecular weight excluding hydrogens is 230 g/mol. The molecule has 98 valence electrons. The van der Waals surface area contributed by atoms with Crippen LogP contribution in [0.15, 0.2) is 18.2 Å². The maximum Gasteiger partial charge on any atom is 0.143 e. The summed E-state index contributed by atoms with van der Waals surface area (Å²) in [6, 6.07) is 5.84. The minimum atomic E-state index is 0.527. The maximum absolute atomic E-state index is 10.5. The zero-order valence-corrected chi connectivity index (χ0v) is 10.6. The van der Waals surface area contributed by atoms with Gasteiger partial charge in [0.25, 0.3) is 0 Å². The molecule has 1 aliphatic rings. The van der Waals surface area contributed by atoms with Crippen molar-refractivity contribution in [3.63, 3.8) is 0 Å². The first-order valence-corrected chi connectivity index (χ1v) is 6.09. The zero-order chi connectivity index (χ0) is 13.0. The highest BCUT2D eigenvalue weighted by Crippen LogP contribution is 2.27. The molecule has 0 aromatic heterocycles. The van der Waals surface area contributed by atoms with E-state index in [1.54, 1.807) is 7.11 Å². The van der Waals surface area contributed by atoms with Crippen LogP contribution in [-0.2, 0) is 4.79 Å². The summed E-state index contributed by atoms with van der Waals surface area (Å²) in [5.41, 5.74) is 7.57. The molecule has 0 amide bonds. The van der Waals surface area contributed by atoms with E-state index < -0.39 is 0 Å². The molecule has 0 bridgehead atoms. The van der Waals surface area contributed by atoms with E-state index in [1.807, 2.05) is 18.2 Å². The fourth-order valence-electron chi connectivity index (χ4n) is 2.19. The number of nitrogens with zero attached hydrogens (tertiary/aromatic N) is 2. The summed E-state index contributed by atoms with van der Waals surface area (Å²) in [4.78, 5) is 14.9. The minimum absolute atomic E-state index is 0.527. The number of methoxy groups -OCH3 is 1. The number of piperazine rings is 1. The van der Waals surface area contributed by atoms with Gasteiger partial charge in [0.05, 0.1) is 19.3 Å². The lowest BCUT2D eigenvalue weighted by atomic mass is 10.2. The van der Waals surface area contributed by atoms with Crippen LogP contribution in [0.4, 0.5) is 11.4 Å². The van der Waals surface area contributed by atoms with Crippen molar-refractivity contribution in [2.75, 3.05) is 50.5 Å². The lowest BCUT2D eigenvalue weighted by molar-refractivity contribution is -0.108. The first kappa shape index (κ1) is 12.7. The van der Waals surface area contributed by atoms with Crippen molar-refractivity contribution < 1.29 is 9.53 Å². The number of benzene rings is 1. The monoisotopic (exact) mass is 249 g/mol. The Kier molecular flexibility index (Phi) is 4.04. The number of rotatable bonds is 4. The van der Waals surface area contributed by atoms with Gasteiger partial charge in [0.15, 0.2) is 0 Å². The van der Waals surface area contributed by atoms with Crippen LogP contribution < -0.4 is 15.4 Å². The Morgan fingerprint density at radius 3 is 2.67 bits per heavy atom. The largest absolute Gasteiger partial charge is 0.495 e. The van der Waals surface area contributed by atoms with E-state index in [4.69, 9.17) is 10.5 Å². The normalized spacial score (nSPS) is 16.6. The topological polar surface area (TPSA) is 58.8 Å². The zero-order valence-electron chi connectivity index (χ0n) is 10.6. The average molecular weight is 249 g/mol. The van der Waals surface area contributed by atoms with Gasteiger partial charge in [0.2, 0.25) is 0 Å². The van der Waals surface area contributed by atoms with Gasteiger partial charge in [-0.05, 0) is 12.1 Å². The van der Waals surface area contributed by atoms with Crippen LogP contribution in [0.25, 0.3) is 0 Å². The van der Waals surface area contributed by atoms with Crippen molar-refractivity contribution in [1.29, 1.82) is 0 Å². The molecule has 18 heavy (non-hydrogen) atoms. The van der Waals surface area contributed by atoms with Gasteiger partial charge in [-0.3, -0.25) is 4.90 Å². The third-order valence-electron chi connectivity index (χ3n) is 3.29. The molecule has 1 saturated heterocycles. The number of ether oxygens (including phenoxy) is 1. The van der Waals surface area contributed by atoms with Gasteiger partial charge >= 0.3 is 0 Å². The van der Waals surface area contributed by atoms with Gasteiger partial charge in [-0.2, -0.15) is 0 Å². The molecule has 0 saturated carbocycles. The number of carbonyl (C=O) groups is 1. The van der Waals surface area contributed by atoms with Crippen molar-refractivity contribution in [3.8, 4) is 5.75 Å². The molecule has 2 rings (SSSR count). The highest BCUT2D eigenvalue weighted by Gasteiger charge is 2.17. The Labute approximate surface area is 107 Å². The second-order valence-electron chi connectivity index (χ2n) is 4.38. The van der Waals surface area contributed by atoms with Gasteiger partial charge in [-0.25, -0.2) is 0 Å². The lowest BCUT2D eigenvalue weighted by Crippen LogP contribution is -2.46. The second-order valence-corrected chi connectivity index (χ2v) is 4.38. The van der Waals surface area contributed by atoms with Crippen LogP contribution in [0, 0.1) is 0 Å². The van der Waals surface area contributed by atoms with Crippen molar-refractivity contribution in [2.24, 2.45) is 0 Å². The predicted octanol–water partition coefficient (Wildman–Crippen LogP) is 0.598. The van der Waals surface area contributed by atoms with E-state index in [2.05, 4.69) is 9.80 Å². The van der Waals surface area contributed by atoms with E-state index in [9.17, 15) is 4.79 Å². The fraction of sp³-hybridized carbons (Fsp3) is 0.462. The van der Waals surface area contributed by atoms with Crippen molar-refractivity contribution >= 4 is 17.7 Å². The molecule has 5 nitrogen and oxygen atoms in total. The summed E-state index contributed by atoms with van der Waals surface area (Å²) in [5, 5.41) is 0. The first-order chi connectivity index (χ1) is 8.74. The number of nitrogens with two attached hydrogens (primary N) is 1. The first-order valence-electron chi connectivity index (χ1n) is 6.09. The molecular formula is C13H19N3O2. The van der Waals surface area contributed by atoms with Crippen LogP contribution in [0.2, 0.25) is 0 Å². The van der Waals surface area contributed by atoms with E-state index in [0.717, 1.165) is 38.2 Å². The molecule has 0 spiro atoms. The van der Waals surface area contributed by atoms with Gasteiger partial charge < -0.3 is 20.2 Å². The van der Waals surface area contributed by atoms with Gasteiger partial charge in [-0.1, -0.05) is 0 Å². The predicted molar refractivity (Wildman–Crippen MR) is 72.1 cm³/mol. The Bertz CT molecular complexity index is 415. The van der Waals surface area contributed by atoms with Gasteiger partial charge in [0, 0.05) is 37.9 Å². The van der Waals surface area contributed by atoms with Crippen molar-refractivity contribution in [3.05, 3.63) is 18.2 Å². The second kappa shape index (κ2) is 5.73. The summed E-state index contributed by atoms with van der Waals surface area (Å²) in [6.07, 6.45) is 0.960. The smallest absolute Gasteiger partial charge is 0.143 e. The third-order valence-corrected chi connectivity index (χ3v) is 3.29. The number of nitrogen functional groups attached to an aromatic ring is 1. The molecule has 5 heteroatoms. The average Bonchev–Trinajstić information content (AvgIpc) is 2.41. The van der Waals surface area contributed by atoms with Crippen molar-refractivity contribution in [1.82, 2.24) is 4.90 Å². The fourth-order valence-corrected chi connectivity index (χ4v) is 2.19. The minimum Gasteiger partial charge on any atom is -0.495 e. The van der Waals surface area contributed by atoms with E-state index in [-0.39, 0.29) is 0 Å². The van der Waals surface area contributed by atoms with Crippen LogP contribution in [-0.4, -0.2) is 51.0 Å². The number of hydrogen-bond donors (Lipinski definition) is 1. The highest BCUT2D eigenvalue weighted by molar-refractivity contribution is 5.62. The summed E-state index contributed by atoms with van der Waals surface area (Å²) in [6.45, 7) is 4.18. The van der Waals surface area contributed by atoms with E-state index in [0.29, 0.717) is 18.0 Å². The number of hydrogen-bond acceptors (Lipinski definition) is 5. The summed E-state index contributed by atoms with van der Waals surface area (Å²) < 4.78 is 5.23. The summed E-state index contributed by atoms with van der Waals surface area (Å²) >= 11 is 0. The van der Waals surface area contributed by atoms with E-state index >= 15 is 0 Å². The van der Waals surface area contributed by atoms with Crippen molar-refractivity contribution in [2.45, 2.75) is 0 Å². The molecule has 0 aliphatic carbocycles. The molecule has 1 fully saturated rings. The third kappa shape index (κ3) is 2.73. The SMILES string of the molecule is COc1cc(N2CCN(CC=O)CC2)ccc1N. The van der Waals surface area contributed by atoms with Gasteiger partial charge in [0.1, 0.15) is 12.0 Å². The molecule has 1 aromatic carbocycles. The molecule has 1 aliphatic heterocycles. The molecule has 0 radical (unpaired) electrons. The number of carbonyl (C=O) groups excluding carboxylic acids is 1. The number of aldehydes is 1. The lowest BCUT2D eigenvalue weighted by Gasteiger charge is -2.35. The standard InChI is InChI=1S/C13H19N3O2/c1-18-13-10-11(2-3-12(13)14)16-6-4-15(5-7-16)8-9-17/h2-3,9-10H,4-8,14H2,1H3. The Hall–Kier alpha value is -1.75.